The van der Waals surface area contributed by atoms with Crippen LogP contribution < -0.4 is 11.1 Å². The Labute approximate surface area is 139 Å². The highest BCUT2D eigenvalue weighted by atomic mass is 16.1. The van der Waals surface area contributed by atoms with Crippen molar-refractivity contribution in [1.82, 2.24) is 19.7 Å². The maximum atomic E-state index is 12.5. The van der Waals surface area contributed by atoms with Crippen LogP contribution in [0.4, 0.5) is 5.69 Å². The van der Waals surface area contributed by atoms with Crippen LogP contribution in [0.25, 0.3) is 17.1 Å². The van der Waals surface area contributed by atoms with Gasteiger partial charge in [0.25, 0.3) is 5.91 Å². The van der Waals surface area contributed by atoms with Gasteiger partial charge in [-0.05, 0) is 31.2 Å². The second-order valence-electron chi connectivity index (χ2n) is 5.26. The number of hydrogen-bond donors (Lipinski definition) is 3. The standard InChI is InChI=1S/C17H18N6O/c1-3-11(18)16-15(10-23(2)22-16)21-17(24)14-7-4-6-13(20-14)12-8-5-9-19-12/h3-10,19H,18H2,1-2H3,(H,21,24)/b11-3-. The number of pyridine rings is 1. The zero-order valence-electron chi connectivity index (χ0n) is 13.4. The van der Waals surface area contributed by atoms with Crippen LogP contribution in [0.3, 0.4) is 0 Å². The first-order valence-corrected chi connectivity index (χ1v) is 7.46. The molecule has 1 amide bonds. The lowest BCUT2D eigenvalue weighted by molar-refractivity contribution is 0.102. The number of aromatic amines is 1. The number of nitrogens with zero attached hydrogens (tertiary/aromatic N) is 3. The number of aryl methyl sites for hydroxylation is 1. The zero-order valence-corrected chi connectivity index (χ0v) is 13.4. The zero-order chi connectivity index (χ0) is 17.1. The maximum absolute atomic E-state index is 12.5. The van der Waals surface area contributed by atoms with E-state index in [-0.39, 0.29) is 5.91 Å². The lowest BCUT2D eigenvalue weighted by atomic mass is 10.2. The highest BCUT2D eigenvalue weighted by Crippen LogP contribution is 2.20. The smallest absolute Gasteiger partial charge is 0.274 e. The number of anilines is 1. The number of hydrogen-bond acceptors (Lipinski definition) is 4. The van der Waals surface area contributed by atoms with Crippen molar-refractivity contribution < 1.29 is 4.79 Å². The Balaban J connectivity index is 1.87. The Kier molecular flexibility index (Phi) is 4.15. The third kappa shape index (κ3) is 3.05. The molecule has 0 fully saturated rings. The summed E-state index contributed by atoms with van der Waals surface area (Å²) in [4.78, 5) is 20.0. The Morgan fingerprint density at radius 1 is 1.33 bits per heavy atom. The SMILES string of the molecule is C/C=C(\N)c1nn(C)cc1NC(=O)c1cccc(-c2ccc[nH]2)n1. The van der Waals surface area contributed by atoms with E-state index >= 15 is 0 Å². The molecule has 0 atom stereocenters. The number of nitrogens with two attached hydrogens (primary N) is 1. The van der Waals surface area contributed by atoms with Gasteiger partial charge in [0, 0.05) is 19.4 Å². The largest absolute Gasteiger partial charge is 0.397 e. The molecule has 4 N–H and O–H groups in total. The molecular formula is C17H18N6O. The second kappa shape index (κ2) is 6.41. The quantitative estimate of drug-likeness (QED) is 0.686. The van der Waals surface area contributed by atoms with Crippen molar-refractivity contribution in [3.63, 3.8) is 0 Å². The van der Waals surface area contributed by atoms with Crippen molar-refractivity contribution >= 4 is 17.3 Å². The van der Waals surface area contributed by atoms with Crippen molar-refractivity contribution in [3.05, 3.63) is 60.2 Å². The maximum Gasteiger partial charge on any atom is 0.274 e. The number of nitrogens with one attached hydrogen (secondary N) is 2. The Bertz CT molecular complexity index is 892. The molecule has 0 aliphatic heterocycles. The van der Waals surface area contributed by atoms with E-state index in [1.54, 1.807) is 36.1 Å². The van der Waals surface area contributed by atoms with E-state index in [0.29, 0.717) is 28.5 Å². The number of carbonyl (C=O) groups excluding carboxylic acids is 1. The number of aromatic nitrogens is 4. The minimum Gasteiger partial charge on any atom is -0.397 e. The summed E-state index contributed by atoms with van der Waals surface area (Å²) in [7, 11) is 1.77. The lowest BCUT2D eigenvalue weighted by Crippen LogP contribution is -2.15. The van der Waals surface area contributed by atoms with Crippen LogP contribution in [-0.2, 0) is 7.05 Å². The Hall–Kier alpha value is -3.35. The average Bonchev–Trinajstić information content (AvgIpc) is 3.24. The first-order chi connectivity index (χ1) is 11.6. The molecule has 24 heavy (non-hydrogen) atoms. The van der Waals surface area contributed by atoms with E-state index in [1.807, 2.05) is 31.3 Å². The molecule has 3 rings (SSSR count). The topological polar surface area (TPSA) is 102 Å². The summed E-state index contributed by atoms with van der Waals surface area (Å²) in [6.07, 6.45) is 5.26. The summed E-state index contributed by atoms with van der Waals surface area (Å²) in [5, 5.41) is 7.09. The van der Waals surface area contributed by atoms with Crippen molar-refractivity contribution in [2.24, 2.45) is 12.8 Å². The van der Waals surface area contributed by atoms with E-state index in [2.05, 4.69) is 20.4 Å². The molecule has 7 nitrogen and oxygen atoms in total. The van der Waals surface area contributed by atoms with E-state index < -0.39 is 0 Å². The molecule has 0 bridgehead atoms. The molecule has 3 aromatic heterocycles. The molecule has 0 aromatic carbocycles. The van der Waals surface area contributed by atoms with E-state index in [1.165, 1.54) is 0 Å². The monoisotopic (exact) mass is 322 g/mol. The van der Waals surface area contributed by atoms with Crippen LogP contribution in [0.5, 0.6) is 0 Å². The van der Waals surface area contributed by atoms with Crippen LogP contribution in [0.2, 0.25) is 0 Å². The second-order valence-corrected chi connectivity index (χ2v) is 5.26. The van der Waals surface area contributed by atoms with Gasteiger partial charge < -0.3 is 16.0 Å². The third-order valence-corrected chi connectivity index (χ3v) is 3.52. The number of rotatable bonds is 4. The number of carbonyl (C=O) groups is 1. The van der Waals surface area contributed by atoms with Gasteiger partial charge >= 0.3 is 0 Å². The minimum atomic E-state index is -0.318. The van der Waals surface area contributed by atoms with Gasteiger partial charge in [-0.15, -0.1) is 0 Å². The van der Waals surface area contributed by atoms with Gasteiger partial charge in [0.05, 0.1) is 22.8 Å². The van der Waals surface area contributed by atoms with Crippen molar-refractivity contribution in [3.8, 4) is 11.4 Å². The first kappa shape index (κ1) is 15.5. The molecule has 122 valence electrons. The van der Waals surface area contributed by atoms with E-state index in [0.717, 1.165) is 5.69 Å². The van der Waals surface area contributed by atoms with Crippen LogP contribution >= 0.6 is 0 Å². The molecule has 0 aliphatic carbocycles. The number of allylic oxidation sites excluding steroid dienone is 1. The summed E-state index contributed by atoms with van der Waals surface area (Å²) in [6.45, 7) is 1.82. The summed E-state index contributed by atoms with van der Waals surface area (Å²) in [5.41, 5.74) is 9.38. The van der Waals surface area contributed by atoms with E-state index in [9.17, 15) is 4.79 Å². The van der Waals surface area contributed by atoms with Gasteiger partial charge in [0.1, 0.15) is 11.4 Å². The van der Waals surface area contributed by atoms with Crippen molar-refractivity contribution in [2.75, 3.05) is 5.32 Å². The fourth-order valence-electron chi connectivity index (χ4n) is 2.32. The summed E-state index contributed by atoms with van der Waals surface area (Å²) < 4.78 is 1.60. The predicted molar refractivity (Wildman–Crippen MR) is 93.0 cm³/mol. The highest BCUT2D eigenvalue weighted by molar-refractivity contribution is 6.04. The van der Waals surface area contributed by atoms with Gasteiger partial charge in [0.2, 0.25) is 0 Å². The third-order valence-electron chi connectivity index (χ3n) is 3.52. The molecule has 7 heteroatoms. The van der Waals surface area contributed by atoms with E-state index in [4.69, 9.17) is 5.73 Å². The van der Waals surface area contributed by atoms with Gasteiger partial charge in [0.15, 0.2) is 0 Å². The molecular weight excluding hydrogens is 304 g/mol. The minimum absolute atomic E-state index is 0.316. The van der Waals surface area contributed by atoms with Crippen molar-refractivity contribution in [2.45, 2.75) is 6.92 Å². The summed E-state index contributed by atoms with van der Waals surface area (Å²) in [5.74, 6) is -0.318. The molecule has 0 spiro atoms. The van der Waals surface area contributed by atoms with Crippen LogP contribution in [0.15, 0.2) is 48.8 Å². The highest BCUT2D eigenvalue weighted by Gasteiger charge is 2.15. The number of H-pyrrole nitrogens is 1. The molecule has 3 aromatic rings. The summed E-state index contributed by atoms with van der Waals surface area (Å²) in [6, 6.07) is 9.08. The Morgan fingerprint density at radius 2 is 2.17 bits per heavy atom. The molecule has 0 radical (unpaired) electrons. The van der Waals surface area contributed by atoms with Crippen LogP contribution in [0, 0.1) is 0 Å². The van der Waals surface area contributed by atoms with Gasteiger partial charge in [-0.1, -0.05) is 12.1 Å². The molecule has 0 aliphatic rings. The van der Waals surface area contributed by atoms with Gasteiger partial charge in [-0.25, -0.2) is 4.98 Å². The normalized spacial score (nSPS) is 11.5. The predicted octanol–water partition coefficient (Wildman–Crippen LogP) is 2.38. The summed E-state index contributed by atoms with van der Waals surface area (Å²) >= 11 is 0. The van der Waals surface area contributed by atoms with Gasteiger partial charge in [-0.3, -0.25) is 9.48 Å². The Morgan fingerprint density at radius 3 is 2.88 bits per heavy atom. The first-order valence-electron chi connectivity index (χ1n) is 7.46. The van der Waals surface area contributed by atoms with Crippen molar-refractivity contribution in [1.29, 1.82) is 0 Å². The van der Waals surface area contributed by atoms with Gasteiger partial charge in [-0.2, -0.15) is 5.10 Å². The number of amides is 1. The fraction of sp³-hybridized carbons (Fsp3) is 0.118. The average molecular weight is 322 g/mol. The molecule has 0 saturated carbocycles. The molecule has 0 saturated heterocycles. The molecule has 0 unspecified atom stereocenters. The fourth-order valence-corrected chi connectivity index (χ4v) is 2.32. The van der Waals surface area contributed by atoms with Crippen LogP contribution in [-0.4, -0.2) is 25.7 Å². The lowest BCUT2D eigenvalue weighted by Gasteiger charge is -2.06. The van der Waals surface area contributed by atoms with Crippen LogP contribution in [0.1, 0.15) is 23.1 Å². The molecule has 3 heterocycles.